The van der Waals surface area contributed by atoms with Crippen molar-refractivity contribution >= 4 is 40.3 Å². The van der Waals surface area contributed by atoms with Gasteiger partial charge in [0.25, 0.3) is 11.6 Å². The van der Waals surface area contributed by atoms with Crippen molar-refractivity contribution in [2.24, 2.45) is 0 Å². The number of aryl methyl sites for hydroxylation is 1. The van der Waals surface area contributed by atoms with E-state index >= 15 is 0 Å². The Morgan fingerprint density at radius 2 is 1.83 bits per heavy atom. The van der Waals surface area contributed by atoms with Gasteiger partial charge in [-0.15, -0.1) is 0 Å². The summed E-state index contributed by atoms with van der Waals surface area (Å²) in [6.45, 7) is 1.61. The summed E-state index contributed by atoms with van der Waals surface area (Å²) in [7, 11) is 0. The van der Waals surface area contributed by atoms with Gasteiger partial charge in [0.05, 0.1) is 16.1 Å². The van der Waals surface area contributed by atoms with Crippen LogP contribution in [0.15, 0.2) is 66.7 Å². The van der Waals surface area contributed by atoms with Crippen molar-refractivity contribution in [2.45, 2.75) is 6.92 Å². The van der Waals surface area contributed by atoms with Gasteiger partial charge in [0.15, 0.2) is 0 Å². The maximum absolute atomic E-state index is 12.7. The fourth-order valence-corrected chi connectivity index (χ4v) is 3.23. The third kappa shape index (κ3) is 3.81. The highest BCUT2D eigenvalue weighted by atomic mass is 16.6. The molecule has 2 N–H and O–H groups in total. The molecule has 4 rings (SSSR count). The molecule has 30 heavy (non-hydrogen) atoms. The van der Waals surface area contributed by atoms with Crippen LogP contribution in [0.25, 0.3) is 23.1 Å². The average molecular weight is 398 g/mol. The summed E-state index contributed by atoms with van der Waals surface area (Å²) in [5.41, 5.74) is 3.98. The molecule has 0 aliphatic rings. The third-order valence-electron chi connectivity index (χ3n) is 4.79. The van der Waals surface area contributed by atoms with Gasteiger partial charge in [0.2, 0.25) is 0 Å². The Kier molecular flexibility index (Phi) is 5.09. The highest BCUT2D eigenvalue weighted by Gasteiger charge is 2.14. The largest absolute Gasteiger partial charge is 0.321 e. The van der Waals surface area contributed by atoms with Gasteiger partial charge < -0.3 is 5.32 Å². The van der Waals surface area contributed by atoms with Crippen LogP contribution in [0.4, 0.5) is 11.4 Å². The van der Waals surface area contributed by atoms with Crippen molar-refractivity contribution in [2.75, 3.05) is 5.32 Å². The Morgan fingerprint density at radius 1 is 1.07 bits per heavy atom. The van der Waals surface area contributed by atoms with Crippen LogP contribution in [0.2, 0.25) is 0 Å². The summed E-state index contributed by atoms with van der Waals surface area (Å²) in [5.74, 6) is -0.334. The van der Waals surface area contributed by atoms with Crippen molar-refractivity contribution < 1.29 is 9.72 Å². The molecule has 7 nitrogen and oxygen atoms in total. The first-order valence-electron chi connectivity index (χ1n) is 9.29. The van der Waals surface area contributed by atoms with Gasteiger partial charge in [-0.2, -0.15) is 5.10 Å². The number of hydrogen-bond donors (Lipinski definition) is 2. The minimum Gasteiger partial charge on any atom is -0.321 e. The highest BCUT2D eigenvalue weighted by molar-refractivity contribution is 6.05. The molecular formula is C23H18N4O3. The Bertz CT molecular complexity index is 1290. The van der Waals surface area contributed by atoms with Crippen molar-refractivity contribution in [1.82, 2.24) is 10.2 Å². The van der Waals surface area contributed by atoms with Gasteiger partial charge in [0, 0.05) is 28.3 Å². The number of H-pyrrole nitrogens is 1. The molecule has 4 aromatic rings. The molecule has 148 valence electrons. The minimum atomic E-state index is -0.462. The van der Waals surface area contributed by atoms with Gasteiger partial charge in [-0.1, -0.05) is 42.5 Å². The van der Waals surface area contributed by atoms with Crippen LogP contribution in [0, 0.1) is 17.0 Å². The number of benzene rings is 3. The van der Waals surface area contributed by atoms with Crippen molar-refractivity contribution in [1.29, 1.82) is 0 Å². The first-order valence-corrected chi connectivity index (χ1v) is 9.29. The molecule has 0 spiro atoms. The Morgan fingerprint density at radius 3 is 2.63 bits per heavy atom. The second-order valence-corrected chi connectivity index (χ2v) is 6.79. The number of nitrogens with zero attached hydrogens (tertiary/aromatic N) is 2. The predicted octanol–water partition coefficient (Wildman–Crippen LogP) is 5.20. The van der Waals surface area contributed by atoms with E-state index in [1.807, 2.05) is 54.6 Å². The zero-order chi connectivity index (χ0) is 21.1. The molecule has 3 aromatic carbocycles. The first kappa shape index (κ1) is 19.1. The molecule has 0 aliphatic heterocycles. The molecular weight excluding hydrogens is 380 g/mol. The van der Waals surface area contributed by atoms with Crippen LogP contribution < -0.4 is 5.32 Å². The molecule has 0 atom stereocenters. The maximum atomic E-state index is 12.7. The molecule has 0 fully saturated rings. The third-order valence-corrected chi connectivity index (χ3v) is 4.79. The van der Waals surface area contributed by atoms with Gasteiger partial charge in [-0.25, -0.2) is 0 Å². The summed E-state index contributed by atoms with van der Waals surface area (Å²) in [6.07, 6.45) is 3.78. The van der Waals surface area contributed by atoms with Crippen molar-refractivity contribution in [3.05, 3.63) is 99.2 Å². The number of hydrogen-bond acceptors (Lipinski definition) is 4. The molecule has 1 amide bonds. The zero-order valence-corrected chi connectivity index (χ0v) is 16.1. The lowest BCUT2D eigenvalue weighted by Crippen LogP contribution is -2.13. The molecule has 0 unspecified atom stereocenters. The molecule has 0 bridgehead atoms. The van der Waals surface area contributed by atoms with Crippen LogP contribution in [0.5, 0.6) is 0 Å². The number of aromatic amines is 1. The molecule has 0 saturated carbocycles. The van der Waals surface area contributed by atoms with E-state index in [4.69, 9.17) is 0 Å². The SMILES string of the molecule is Cc1cc(C(=O)Nc2ccccc2C=Cc2n[nH]c3ccccc23)ccc1[N+](=O)[O-]. The van der Waals surface area contributed by atoms with Crippen molar-refractivity contribution in [3.8, 4) is 0 Å². The van der Waals surface area contributed by atoms with Crippen LogP contribution in [0.3, 0.4) is 0 Å². The van der Waals surface area contributed by atoms with Crippen LogP contribution in [0.1, 0.15) is 27.2 Å². The summed E-state index contributed by atoms with van der Waals surface area (Å²) in [6, 6.07) is 19.6. The number of fused-ring (bicyclic) bond motifs is 1. The van der Waals surface area contributed by atoms with E-state index in [9.17, 15) is 14.9 Å². The standard InChI is InChI=1S/C23H18N4O3/c1-15-14-17(11-13-22(15)27(29)30)23(28)24-19-8-4-2-6-16(19)10-12-21-18-7-3-5-9-20(18)25-26-21/h2-14H,1H3,(H,24,28)(H,25,26). The number of amides is 1. The summed E-state index contributed by atoms with van der Waals surface area (Å²) in [5, 5.41) is 22.2. The fourth-order valence-electron chi connectivity index (χ4n) is 3.23. The highest BCUT2D eigenvalue weighted by Crippen LogP contribution is 2.23. The van der Waals surface area contributed by atoms with Gasteiger partial charge in [0.1, 0.15) is 0 Å². The average Bonchev–Trinajstić information content (AvgIpc) is 3.16. The first-order chi connectivity index (χ1) is 14.5. The van der Waals surface area contributed by atoms with E-state index in [0.29, 0.717) is 16.8 Å². The number of para-hydroxylation sites is 2. The minimum absolute atomic E-state index is 0.0129. The topological polar surface area (TPSA) is 101 Å². The lowest BCUT2D eigenvalue weighted by Gasteiger charge is -2.09. The van der Waals surface area contributed by atoms with E-state index < -0.39 is 4.92 Å². The lowest BCUT2D eigenvalue weighted by molar-refractivity contribution is -0.385. The van der Waals surface area contributed by atoms with E-state index in [1.165, 1.54) is 18.2 Å². The molecule has 0 saturated heterocycles. The maximum Gasteiger partial charge on any atom is 0.272 e. The molecule has 1 aromatic heterocycles. The molecule has 7 heteroatoms. The smallest absolute Gasteiger partial charge is 0.272 e. The number of nitrogens with one attached hydrogen (secondary N) is 2. The summed E-state index contributed by atoms with van der Waals surface area (Å²) < 4.78 is 0. The molecule has 0 aliphatic carbocycles. The van der Waals surface area contributed by atoms with E-state index in [-0.39, 0.29) is 11.6 Å². The number of carbonyl (C=O) groups is 1. The second-order valence-electron chi connectivity index (χ2n) is 6.79. The number of nitro groups is 1. The zero-order valence-electron chi connectivity index (χ0n) is 16.1. The number of carbonyl (C=O) groups excluding carboxylic acids is 1. The molecule has 1 heterocycles. The monoisotopic (exact) mass is 398 g/mol. The Balaban J connectivity index is 1.58. The van der Waals surface area contributed by atoms with Crippen molar-refractivity contribution in [3.63, 3.8) is 0 Å². The molecule has 0 radical (unpaired) electrons. The van der Waals surface area contributed by atoms with E-state index in [2.05, 4.69) is 15.5 Å². The Hall–Kier alpha value is -4.26. The van der Waals surface area contributed by atoms with E-state index in [0.717, 1.165) is 22.2 Å². The number of anilines is 1. The van der Waals surface area contributed by atoms with Crippen LogP contribution >= 0.6 is 0 Å². The predicted molar refractivity (Wildman–Crippen MR) is 117 cm³/mol. The van der Waals surface area contributed by atoms with E-state index in [1.54, 1.807) is 13.0 Å². The normalized spacial score (nSPS) is 11.1. The number of nitro benzene ring substituents is 1. The van der Waals surface area contributed by atoms with Gasteiger partial charge in [-0.05, 0) is 42.8 Å². The quantitative estimate of drug-likeness (QED) is 0.356. The van der Waals surface area contributed by atoms with Gasteiger partial charge >= 0.3 is 0 Å². The second kappa shape index (κ2) is 8.00. The number of aromatic nitrogens is 2. The van der Waals surface area contributed by atoms with Crippen LogP contribution in [-0.4, -0.2) is 21.0 Å². The van der Waals surface area contributed by atoms with Crippen LogP contribution in [-0.2, 0) is 0 Å². The van der Waals surface area contributed by atoms with Gasteiger partial charge in [-0.3, -0.25) is 20.0 Å². The lowest BCUT2D eigenvalue weighted by atomic mass is 10.1. The number of rotatable bonds is 5. The Labute approximate surface area is 172 Å². The summed E-state index contributed by atoms with van der Waals surface area (Å²) >= 11 is 0. The fraction of sp³-hybridized carbons (Fsp3) is 0.0435. The summed E-state index contributed by atoms with van der Waals surface area (Å²) in [4.78, 5) is 23.2.